The largest absolute Gasteiger partial charge is 0.306 e. The SMILES string of the molecule is CCCNC(c1cc2c(s1)CCSC2)c1cc(Cl)sc1Cl. The first-order chi connectivity index (χ1) is 10.2. The number of hydrogen-bond donors (Lipinski definition) is 1. The van der Waals surface area contributed by atoms with E-state index in [-0.39, 0.29) is 6.04 Å². The highest BCUT2D eigenvalue weighted by molar-refractivity contribution is 7.98. The average molecular weight is 378 g/mol. The second-order valence-corrected chi connectivity index (χ2v) is 9.63. The summed E-state index contributed by atoms with van der Waals surface area (Å²) in [6, 6.07) is 4.54. The van der Waals surface area contributed by atoms with Crippen LogP contribution >= 0.6 is 57.6 Å². The van der Waals surface area contributed by atoms with Crippen molar-refractivity contribution in [2.75, 3.05) is 12.3 Å². The number of thiophene rings is 2. The zero-order valence-electron chi connectivity index (χ0n) is 11.7. The summed E-state index contributed by atoms with van der Waals surface area (Å²) in [6.45, 7) is 3.16. The van der Waals surface area contributed by atoms with E-state index < -0.39 is 0 Å². The summed E-state index contributed by atoms with van der Waals surface area (Å²) in [7, 11) is 0. The fourth-order valence-electron chi connectivity index (χ4n) is 2.51. The van der Waals surface area contributed by atoms with Gasteiger partial charge >= 0.3 is 0 Å². The van der Waals surface area contributed by atoms with E-state index in [1.54, 1.807) is 4.88 Å². The van der Waals surface area contributed by atoms with Gasteiger partial charge in [0.1, 0.15) is 0 Å². The summed E-state index contributed by atoms with van der Waals surface area (Å²) in [4.78, 5) is 2.91. The van der Waals surface area contributed by atoms with Gasteiger partial charge in [0.2, 0.25) is 0 Å². The fraction of sp³-hybridized carbons (Fsp3) is 0.467. The summed E-state index contributed by atoms with van der Waals surface area (Å²) < 4.78 is 1.56. The van der Waals surface area contributed by atoms with Crippen LogP contribution in [-0.2, 0) is 12.2 Å². The Labute approximate surface area is 148 Å². The monoisotopic (exact) mass is 377 g/mol. The van der Waals surface area contributed by atoms with Crippen molar-refractivity contribution in [3.05, 3.63) is 41.7 Å². The van der Waals surface area contributed by atoms with Crippen LogP contribution in [0.25, 0.3) is 0 Å². The Morgan fingerprint density at radius 3 is 2.81 bits per heavy atom. The predicted molar refractivity (Wildman–Crippen MR) is 98.7 cm³/mol. The van der Waals surface area contributed by atoms with Crippen LogP contribution < -0.4 is 5.32 Å². The number of nitrogens with one attached hydrogen (secondary N) is 1. The van der Waals surface area contributed by atoms with Crippen molar-refractivity contribution < 1.29 is 0 Å². The van der Waals surface area contributed by atoms with Gasteiger partial charge in [-0.15, -0.1) is 22.7 Å². The third kappa shape index (κ3) is 3.62. The molecule has 0 aliphatic carbocycles. The number of rotatable bonds is 5. The lowest BCUT2D eigenvalue weighted by atomic mass is 10.1. The predicted octanol–water partition coefficient (Wildman–Crippen LogP) is 5.99. The Balaban J connectivity index is 1.95. The topological polar surface area (TPSA) is 12.0 Å². The minimum absolute atomic E-state index is 0.168. The Bertz CT molecular complexity index is 597. The molecule has 1 N–H and O–H groups in total. The molecule has 1 aliphatic rings. The Morgan fingerprint density at radius 2 is 2.14 bits per heavy atom. The van der Waals surface area contributed by atoms with Crippen LogP contribution in [-0.4, -0.2) is 12.3 Å². The van der Waals surface area contributed by atoms with Crippen molar-refractivity contribution in [3.8, 4) is 0 Å². The van der Waals surface area contributed by atoms with Gasteiger partial charge in [-0.25, -0.2) is 0 Å². The van der Waals surface area contributed by atoms with Crippen LogP contribution in [0, 0.1) is 0 Å². The quantitative estimate of drug-likeness (QED) is 0.685. The molecule has 0 radical (unpaired) electrons. The second kappa shape index (κ2) is 7.24. The van der Waals surface area contributed by atoms with Crippen LogP contribution in [0.2, 0.25) is 8.67 Å². The third-order valence-corrected chi connectivity index (χ3v) is 7.35. The highest BCUT2D eigenvalue weighted by Crippen LogP contribution is 2.41. The molecular weight excluding hydrogens is 361 g/mol. The Morgan fingerprint density at radius 1 is 1.29 bits per heavy atom. The number of thioether (sulfide) groups is 1. The van der Waals surface area contributed by atoms with Gasteiger partial charge in [-0.3, -0.25) is 0 Å². The van der Waals surface area contributed by atoms with Crippen LogP contribution in [0.4, 0.5) is 0 Å². The molecule has 3 heterocycles. The normalized spacial score (nSPS) is 16.0. The van der Waals surface area contributed by atoms with Gasteiger partial charge in [0.05, 0.1) is 14.7 Å². The smallest absolute Gasteiger partial charge is 0.0995 e. The summed E-state index contributed by atoms with van der Waals surface area (Å²) in [5.41, 5.74) is 2.62. The van der Waals surface area contributed by atoms with Gasteiger partial charge < -0.3 is 5.32 Å². The molecule has 1 aliphatic heterocycles. The van der Waals surface area contributed by atoms with E-state index in [0.29, 0.717) is 0 Å². The van der Waals surface area contributed by atoms with Gasteiger partial charge in [-0.05, 0) is 42.8 Å². The van der Waals surface area contributed by atoms with Crippen LogP contribution in [0.1, 0.15) is 40.3 Å². The zero-order valence-corrected chi connectivity index (χ0v) is 15.7. The lowest BCUT2D eigenvalue weighted by Gasteiger charge is -2.16. The van der Waals surface area contributed by atoms with Gasteiger partial charge in [0.25, 0.3) is 0 Å². The molecule has 1 unspecified atom stereocenters. The molecule has 0 aromatic carbocycles. The number of fused-ring (bicyclic) bond motifs is 1. The molecule has 2 aromatic heterocycles. The van der Waals surface area contributed by atoms with Crippen molar-refractivity contribution >= 4 is 57.6 Å². The van der Waals surface area contributed by atoms with Gasteiger partial charge in [0, 0.05) is 21.1 Å². The molecule has 0 spiro atoms. The molecule has 1 nitrogen and oxygen atoms in total. The maximum Gasteiger partial charge on any atom is 0.0995 e. The van der Waals surface area contributed by atoms with E-state index in [4.69, 9.17) is 23.2 Å². The van der Waals surface area contributed by atoms with Crippen molar-refractivity contribution in [1.82, 2.24) is 5.32 Å². The zero-order chi connectivity index (χ0) is 14.8. The Hall–Kier alpha value is 0.290. The maximum atomic E-state index is 6.39. The van der Waals surface area contributed by atoms with E-state index in [0.717, 1.165) is 33.0 Å². The van der Waals surface area contributed by atoms with Crippen LogP contribution in [0.15, 0.2) is 12.1 Å². The standard InChI is InChI=1S/C15H17Cl2NS3/c1-2-4-18-14(10-7-13(16)21-15(10)17)12-6-9-8-19-5-3-11(9)20-12/h6-7,14,18H,2-5,8H2,1H3. The van der Waals surface area contributed by atoms with Crippen molar-refractivity contribution in [2.24, 2.45) is 0 Å². The van der Waals surface area contributed by atoms with E-state index in [1.165, 1.54) is 34.0 Å². The van der Waals surface area contributed by atoms with E-state index in [1.807, 2.05) is 29.2 Å². The summed E-state index contributed by atoms with van der Waals surface area (Å²) >= 11 is 17.9. The molecule has 21 heavy (non-hydrogen) atoms. The fourth-order valence-corrected chi connectivity index (χ4v) is 6.52. The maximum absolute atomic E-state index is 6.39. The lowest BCUT2D eigenvalue weighted by Crippen LogP contribution is -2.22. The number of aryl methyl sites for hydroxylation is 1. The molecule has 2 aromatic rings. The molecule has 114 valence electrons. The molecule has 3 rings (SSSR count). The first kappa shape index (κ1) is 16.2. The van der Waals surface area contributed by atoms with Crippen molar-refractivity contribution in [1.29, 1.82) is 0 Å². The van der Waals surface area contributed by atoms with E-state index in [2.05, 4.69) is 18.3 Å². The molecular formula is C15H17Cl2NS3. The molecule has 0 saturated carbocycles. The van der Waals surface area contributed by atoms with Gasteiger partial charge in [-0.1, -0.05) is 30.1 Å². The van der Waals surface area contributed by atoms with Crippen molar-refractivity contribution in [2.45, 2.75) is 31.6 Å². The minimum Gasteiger partial charge on any atom is -0.306 e. The molecule has 0 amide bonds. The van der Waals surface area contributed by atoms with Gasteiger partial charge in [0.15, 0.2) is 0 Å². The first-order valence-corrected chi connectivity index (χ1v) is 10.6. The van der Waals surface area contributed by atoms with Crippen LogP contribution in [0.3, 0.4) is 0 Å². The Kier molecular flexibility index (Phi) is 5.57. The summed E-state index contributed by atoms with van der Waals surface area (Å²) in [6.07, 6.45) is 2.30. The van der Waals surface area contributed by atoms with E-state index in [9.17, 15) is 0 Å². The molecule has 0 bridgehead atoms. The van der Waals surface area contributed by atoms with Crippen LogP contribution in [0.5, 0.6) is 0 Å². The summed E-state index contributed by atoms with van der Waals surface area (Å²) in [5, 5.41) is 3.63. The van der Waals surface area contributed by atoms with E-state index >= 15 is 0 Å². The number of hydrogen-bond acceptors (Lipinski definition) is 4. The minimum atomic E-state index is 0.168. The highest BCUT2D eigenvalue weighted by atomic mass is 35.5. The molecule has 0 saturated heterocycles. The van der Waals surface area contributed by atoms with Crippen molar-refractivity contribution in [3.63, 3.8) is 0 Å². The molecule has 1 atom stereocenters. The van der Waals surface area contributed by atoms with Gasteiger partial charge in [-0.2, -0.15) is 11.8 Å². The molecule has 6 heteroatoms. The number of halogens is 2. The second-order valence-electron chi connectivity index (χ2n) is 5.07. The average Bonchev–Trinajstić information content (AvgIpc) is 3.03. The molecule has 0 fully saturated rings. The first-order valence-electron chi connectivity index (χ1n) is 7.06. The summed E-state index contributed by atoms with van der Waals surface area (Å²) in [5.74, 6) is 2.38. The third-order valence-electron chi connectivity index (χ3n) is 3.52. The highest BCUT2D eigenvalue weighted by Gasteiger charge is 2.23. The lowest BCUT2D eigenvalue weighted by molar-refractivity contribution is 0.607.